The molecule has 0 bridgehead atoms. The quantitative estimate of drug-likeness (QED) is 0.695. The molecular weight excluding hydrogens is 363 g/mol. The highest BCUT2D eigenvalue weighted by Crippen LogP contribution is 2.39. The van der Waals surface area contributed by atoms with Gasteiger partial charge >= 0.3 is 0 Å². The number of carbonyl (C=O) groups is 1. The minimum atomic E-state index is -2.88. The minimum absolute atomic E-state index is 0.0219. The first-order valence-corrected chi connectivity index (χ1v) is 9.83. The van der Waals surface area contributed by atoms with Crippen LogP contribution in [0.5, 0.6) is 0 Å². The second-order valence-electron chi connectivity index (χ2n) is 7.74. The molecule has 1 N–H and O–H groups in total. The lowest BCUT2D eigenvalue weighted by Gasteiger charge is -2.36. The van der Waals surface area contributed by atoms with Crippen molar-refractivity contribution < 1.29 is 18.0 Å². The second kappa shape index (κ2) is 8.38. The lowest BCUT2D eigenvalue weighted by atomic mass is 9.68. The number of rotatable bonds is 6. The third kappa shape index (κ3) is 4.57. The summed E-state index contributed by atoms with van der Waals surface area (Å²) in [5, 5.41) is 2.99. The van der Waals surface area contributed by atoms with Crippen molar-refractivity contribution in [1.82, 2.24) is 5.32 Å². The van der Waals surface area contributed by atoms with Crippen LogP contribution in [0.3, 0.4) is 0 Å². The first kappa shape index (κ1) is 20.4. The number of amides is 1. The summed E-state index contributed by atoms with van der Waals surface area (Å²) >= 11 is 0. The van der Waals surface area contributed by atoms with Gasteiger partial charge in [0.05, 0.1) is 5.41 Å². The molecule has 2 aromatic carbocycles. The summed E-state index contributed by atoms with van der Waals surface area (Å²) in [4.78, 5) is 13.1. The first-order valence-electron chi connectivity index (χ1n) is 9.83. The Morgan fingerprint density at radius 2 is 1.75 bits per heavy atom. The standard InChI is InChI=1S/C23H26F3NO/c1-22(25,26)19-7-5-6-17(16-19)12-15-27-21(28)23(13-3-2-4-14-23)18-8-10-20(24)11-9-18/h5-11,16H,2-4,12-15H2,1H3,(H,27,28). The van der Waals surface area contributed by atoms with Crippen LogP contribution in [0, 0.1) is 5.82 Å². The Morgan fingerprint density at radius 3 is 2.39 bits per heavy atom. The van der Waals surface area contributed by atoms with Gasteiger partial charge in [-0.25, -0.2) is 13.2 Å². The van der Waals surface area contributed by atoms with Crippen molar-refractivity contribution in [2.24, 2.45) is 0 Å². The second-order valence-corrected chi connectivity index (χ2v) is 7.74. The smallest absolute Gasteiger partial charge is 0.270 e. The Bertz CT molecular complexity index is 805. The van der Waals surface area contributed by atoms with E-state index in [-0.39, 0.29) is 17.3 Å². The SMILES string of the molecule is CC(F)(F)c1cccc(CCNC(=O)C2(c3ccc(F)cc3)CCCCC2)c1. The first-order chi connectivity index (χ1) is 13.3. The van der Waals surface area contributed by atoms with E-state index in [0.29, 0.717) is 13.0 Å². The van der Waals surface area contributed by atoms with E-state index < -0.39 is 11.3 Å². The van der Waals surface area contributed by atoms with Crippen LogP contribution in [-0.2, 0) is 22.6 Å². The Balaban J connectivity index is 1.69. The Morgan fingerprint density at radius 1 is 1.07 bits per heavy atom. The molecule has 1 saturated carbocycles. The fraction of sp³-hybridized carbons (Fsp3) is 0.435. The number of carbonyl (C=O) groups excluding carboxylic acids is 1. The molecule has 0 aromatic heterocycles. The van der Waals surface area contributed by atoms with Crippen LogP contribution < -0.4 is 5.32 Å². The molecule has 0 heterocycles. The third-order valence-electron chi connectivity index (χ3n) is 5.67. The van der Waals surface area contributed by atoms with Crippen molar-refractivity contribution in [2.75, 3.05) is 6.54 Å². The predicted octanol–water partition coefficient (Wildman–Crippen LogP) is 5.50. The van der Waals surface area contributed by atoms with E-state index in [2.05, 4.69) is 5.32 Å². The van der Waals surface area contributed by atoms with Gasteiger partial charge in [-0.05, 0) is 48.6 Å². The number of hydrogen-bond acceptors (Lipinski definition) is 1. The van der Waals surface area contributed by atoms with Crippen LogP contribution in [0.25, 0.3) is 0 Å². The summed E-state index contributed by atoms with van der Waals surface area (Å²) in [5.74, 6) is -3.26. The van der Waals surface area contributed by atoms with Gasteiger partial charge in [0.15, 0.2) is 0 Å². The van der Waals surface area contributed by atoms with Crippen LogP contribution >= 0.6 is 0 Å². The molecule has 0 aliphatic heterocycles. The molecule has 0 saturated heterocycles. The van der Waals surface area contributed by atoms with E-state index in [4.69, 9.17) is 0 Å². The van der Waals surface area contributed by atoms with E-state index >= 15 is 0 Å². The van der Waals surface area contributed by atoms with E-state index in [0.717, 1.165) is 50.2 Å². The molecule has 2 aromatic rings. The van der Waals surface area contributed by atoms with Gasteiger partial charge in [-0.3, -0.25) is 4.79 Å². The molecule has 3 rings (SSSR count). The average molecular weight is 389 g/mol. The summed E-state index contributed by atoms with van der Waals surface area (Å²) in [6.07, 6.45) is 4.96. The molecule has 0 atom stereocenters. The summed E-state index contributed by atoms with van der Waals surface area (Å²) in [6.45, 7) is 1.25. The molecule has 1 fully saturated rings. The maximum atomic E-state index is 13.5. The van der Waals surface area contributed by atoms with Crippen LogP contribution in [0.15, 0.2) is 48.5 Å². The van der Waals surface area contributed by atoms with Gasteiger partial charge in [-0.1, -0.05) is 49.6 Å². The third-order valence-corrected chi connectivity index (χ3v) is 5.67. The van der Waals surface area contributed by atoms with Gasteiger partial charge < -0.3 is 5.32 Å². The van der Waals surface area contributed by atoms with Crippen LogP contribution in [0.1, 0.15) is 55.7 Å². The maximum Gasteiger partial charge on any atom is 0.270 e. The number of alkyl halides is 2. The summed E-state index contributed by atoms with van der Waals surface area (Å²) in [7, 11) is 0. The monoisotopic (exact) mass is 389 g/mol. The topological polar surface area (TPSA) is 29.1 Å². The van der Waals surface area contributed by atoms with Crippen molar-refractivity contribution in [1.29, 1.82) is 0 Å². The highest BCUT2D eigenvalue weighted by atomic mass is 19.3. The van der Waals surface area contributed by atoms with E-state index in [1.165, 1.54) is 24.3 Å². The minimum Gasteiger partial charge on any atom is -0.355 e. The number of hydrogen-bond donors (Lipinski definition) is 1. The highest BCUT2D eigenvalue weighted by molar-refractivity contribution is 5.88. The zero-order valence-corrected chi connectivity index (χ0v) is 16.1. The number of halogens is 3. The zero-order valence-electron chi connectivity index (χ0n) is 16.1. The average Bonchev–Trinajstić information content (AvgIpc) is 2.68. The van der Waals surface area contributed by atoms with Gasteiger partial charge in [0, 0.05) is 19.0 Å². The van der Waals surface area contributed by atoms with Crippen molar-refractivity contribution >= 4 is 5.91 Å². The van der Waals surface area contributed by atoms with E-state index in [1.807, 2.05) is 0 Å². The fourth-order valence-electron chi connectivity index (χ4n) is 4.06. The summed E-state index contributed by atoms with van der Waals surface area (Å²) < 4.78 is 40.3. The number of nitrogens with one attached hydrogen (secondary N) is 1. The normalized spacial score (nSPS) is 16.6. The Labute approximate surface area is 164 Å². The summed E-state index contributed by atoms with van der Waals surface area (Å²) in [5.41, 5.74) is 0.952. The van der Waals surface area contributed by atoms with Crippen molar-refractivity contribution in [2.45, 2.75) is 56.8 Å². The van der Waals surface area contributed by atoms with Gasteiger partial charge in [0.25, 0.3) is 5.92 Å². The highest BCUT2D eigenvalue weighted by Gasteiger charge is 2.40. The van der Waals surface area contributed by atoms with Gasteiger partial charge in [0.2, 0.25) is 5.91 Å². The zero-order chi connectivity index (χ0) is 20.2. The van der Waals surface area contributed by atoms with Crippen LogP contribution in [0.2, 0.25) is 0 Å². The van der Waals surface area contributed by atoms with Gasteiger partial charge in [0.1, 0.15) is 5.82 Å². The van der Waals surface area contributed by atoms with Gasteiger partial charge in [-0.2, -0.15) is 0 Å². The Hall–Kier alpha value is -2.30. The molecule has 1 amide bonds. The molecule has 28 heavy (non-hydrogen) atoms. The van der Waals surface area contributed by atoms with Gasteiger partial charge in [-0.15, -0.1) is 0 Å². The maximum absolute atomic E-state index is 13.5. The molecule has 5 heteroatoms. The molecule has 1 aliphatic carbocycles. The fourth-order valence-corrected chi connectivity index (χ4v) is 4.06. The predicted molar refractivity (Wildman–Crippen MR) is 104 cm³/mol. The lowest BCUT2D eigenvalue weighted by molar-refractivity contribution is -0.128. The van der Waals surface area contributed by atoms with E-state index in [9.17, 15) is 18.0 Å². The van der Waals surface area contributed by atoms with Crippen molar-refractivity contribution in [3.63, 3.8) is 0 Å². The molecule has 0 unspecified atom stereocenters. The molecule has 0 spiro atoms. The van der Waals surface area contributed by atoms with Crippen LogP contribution in [-0.4, -0.2) is 12.5 Å². The van der Waals surface area contributed by atoms with Crippen LogP contribution in [0.4, 0.5) is 13.2 Å². The number of benzene rings is 2. The molecule has 1 aliphatic rings. The molecule has 2 nitrogen and oxygen atoms in total. The molecular formula is C23H26F3NO. The molecule has 0 radical (unpaired) electrons. The van der Waals surface area contributed by atoms with Crippen molar-refractivity contribution in [3.8, 4) is 0 Å². The van der Waals surface area contributed by atoms with E-state index in [1.54, 1.807) is 24.3 Å². The van der Waals surface area contributed by atoms with Crippen molar-refractivity contribution in [3.05, 3.63) is 71.0 Å². The Kier molecular flexibility index (Phi) is 6.11. The molecule has 150 valence electrons. The largest absolute Gasteiger partial charge is 0.355 e. The lowest BCUT2D eigenvalue weighted by Crippen LogP contribution is -2.46. The summed E-state index contributed by atoms with van der Waals surface area (Å²) in [6, 6.07) is 12.5.